The van der Waals surface area contributed by atoms with Gasteiger partial charge in [0.2, 0.25) is 5.79 Å². The van der Waals surface area contributed by atoms with Crippen LogP contribution in [0, 0.1) is 5.82 Å². The topological polar surface area (TPSA) is 55.8 Å². The van der Waals surface area contributed by atoms with Crippen LogP contribution in [0.25, 0.3) is 11.6 Å². The lowest BCUT2D eigenvalue weighted by Crippen LogP contribution is -2.26. The Labute approximate surface area is 144 Å². The van der Waals surface area contributed by atoms with Crippen LogP contribution in [-0.4, -0.2) is 24.0 Å². The maximum atomic E-state index is 13.3. The number of aliphatic hydroxyl groups is 1. The van der Waals surface area contributed by atoms with Gasteiger partial charge < -0.3 is 14.6 Å². The van der Waals surface area contributed by atoms with Gasteiger partial charge in [0, 0.05) is 12.5 Å². The van der Waals surface area contributed by atoms with Crippen LogP contribution in [0.3, 0.4) is 0 Å². The third-order valence-electron chi connectivity index (χ3n) is 3.89. The van der Waals surface area contributed by atoms with E-state index >= 15 is 0 Å². The molecule has 3 rings (SSSR count). The number of hydrogen-bond acceptors (Lipinski definition) is 4. The standard InChI is InChI=1S/C20H17FO4/c1-20(23)18(14-6-4-8-16(12-14)24-2)17(19(22)25-20)10-9-13-5-3-7-15(21)11-13/h3-12,23H,1-2H3/b10-9+. The number of methoxy groups -OCH3 is 1. The van der Waals surface area contributed by atoms with Crippen molar-refractivity contribution in [2.75, 3.05) is 7.11 Å². The van der Waals surface area contributed by atoms with Crippen LogP contribution >= 0.6 is 0 Å². The van der Waals surface area contributed by atoms with E-state index in [2.05, 4.69) is 0 Å². The molecule has 1 heterocycles. The van der Waals surface area contributed by atoms with Crippen molar-refractivity contribution in [1.82, 2.24) is 0 Å². The lowest BCUT2D eigenvalue weighted by atomic mass is 9.94. The summed E-state index contributed by atoms with van der Waals surface area (Å²) in [5, 5.41) is 10.5. The molecule has 25 heavy (non-hydrogen) atoms. The third kappa shape index (κ3) is 3.46. The van der Waals surface area contributed by atoms with Gasteiger partial charge in [-0.1, -0.05) is 30.3 Å². The van der Waals surface area contributed by atoms with Gasteiger partial charge in [-0.3, -0.25) is 0 Å². The molecule has 2 aromatic carbocycles. The van der Waals surface area contributed by atoms with Gasteiger partial charge in [0.25, 0.3) is 0 Å². The molecule has 4 nitrogen and oxygen atoms in total. The van der Waals surface area contributed by atoms with Crippen LogP contribution in [0.1, 0.15) is 18.1 Å². The molecule has 128 valence electrons. The molecule has 0 radical (unpaired) electrons. The zero-order valence-electron chi connectivity index (χ0n) is 13.8. The minimum absolute atomic E-state index is 0.211. The number of benzene rings is 2. The molecule has 0 aliphatic carbocycles. The number of hydrogen-bond donors (Lipinski definition) is 1. The molecular formula is C20H17FO4. The Hall–Kier alpha value is -2.92. The second-order valence-electron chi connectivity index (χ2n) is 5.78. The van der Waals surface area contributed by atoms with Crippen molar-refractivity contribution >= 4 is 17.6 Å². The predicted molar refractivity (Wildman–Crippen MR) is 92.1 cm³/mol. The minimum Gasteiger partial charge on any atom is -0.497 e. The lowest BCUT2D eigenvalue weighted by molar-refractivity contribution is -0.170. The first-order valence-electron chi connectivity index (χ1n) is 7.69. The highest BCUT2D eigenvalue weighted by Gasteiger charge is 2.42. The first-order chi connectivity index (χ1) is 11.9. The van der Waals surface area contributed by atoms with Crippen molar-refractivity contribution in [3.8, 4) is 5.75 Å². The van der Waals surface area contributed by atoms with Gasteiger partial charge in [-0.25, -0.2) is 9.18 Å². The summed E-state index contributed by atoms with van der Waals surface area (Å²) in [4.78, 5) is 12.2. The molecule has 0 spiro atoms. The second-order valence-corrected chi connectivity index (χ2v) is 5.78. The summed E-state index contributed by atoms with van der Waals surface area (Å²) in [7, 11) is 1.53. The van der Waals surface area contributed by atoms with E-state index in [9.17, 15) is 14.3 Å². The van der Waals surface area contributed by atoms with Crippen molar-refractivity contribution in [3.63, 3.8) is 0 Å². The Morgan fingerprint density at radius 3 is 2.64 bits per heavy atom. The first-order valence-corrected chi connectivity index (χ1v) is 7.69. The number of esters is 1. The van der Waals surface area contributed by atoms with E-state index in [4.69, 9.17) is 9.47 Å². The maximum Gasteiger partial charge on any atom is 0.341 e. The Morgan fingerprint density at radius 1 is 1.16 bits per heavy atom. The van der Waals surface area contributed by atoms with E-state index in [1.807, 2.05) is 0 Å². The molecular weight excluding hydrogens is 323 g/mol. The Balaban J connectivity index is 2.09. The maximum absolute atomic E-state index is 13.3. The molecule has 1 aliphatic rings. The van der Waals surface area contributed by atoms with Crippen LogP contribution in [0.5, 0.6) is 5.75 Å². The van der Waals surface area contributed by atoms with Gasteiger partial charge in [0.05, 0.1) is 12.7 Å². The number of carbonyl (C=O) groups is 1. The summed E-state index contributed by atoms with van der Waals surface area (Å²) in [6, 6.07) is 13.0. The molecule has 2 aromatic rings. The van der Waals surface area contributed by atoms with Gasteiger partial charge in [0.15, 0.2) is 0 Å². The SMILES string of the molecule is COc1cccc(C2=C(/C=C/c3cccc(F)c3)C(=O)OC2(C)O)c1. The van der Waals surface area contributed by atoms with Gasteiger partial charge >= 0.3 is 5.97 Å². The molecule has 0 amide bonds. The number of cyclic esters (lactones) is 1. The van der Waals surface area contributed by atoms with Crippen molar-refractivity contribution in [3.05, 3.63) is 77.1 Å². The average Bonchev–Trinajstić information content (AvgIpc) is 2.81. The van der Waals surface area contributed by atoms with Crippen molar-refractivity contribution in [2.24, 2.45) is 0 Å². The normalized spacial score (nSPS) is 20.2. The molecule has 1 aliphatic heterocycles. The Kier molecular flexibility index (Phi) is 4.42. The molecule has 0 saturated carbocycles. The molecule has 0 saturated heterocycles. The van der Waals surface area contributed by atoms with Gasteiger partial charge in [-0.15, -0.1) is 0 Å². The summed E-state index contributed by atoms with van der Waals surface area (Å²) in [6.45, 7) is 1.41. The van der Waals surface area contributed by atoms with E-state index in [0.717, 1.165) is 0 Å². The number of rotatable bonds is 4. The zero-order chi connectivity index (χ0) is 18.0. The fraction of sp³-hybridized carbons (Fsp3) is 0.150. The monoisotopic (exact) mass is 340 g/mol. The number of halogens is 1. The molecule has 1 unspecified atom stereocenters. The number of ether oxygens (including phenoxy) is 2. The summed E-state index contributed by atoms with van der Waals surface area (Å²) in [6.07, 6.45) is 3.12. The van der Waals surface area contributed by atoms with Crippen LogP contribution < -0.4 is 4.74 Å². The van der Waals surface area contributed by atoms with Crippen molar-refractivity contribution < 1.29 is 23.8 Å². The van der Waals surface area contributed by atoms with Gasteiger partial charge in [-0.05, 0) is 41.5 Å². The quantitative estimate of drug-likeness (QED) is 0.865. The van der Waals surface area contributed by atoms with E-state index in [1.54, 1.807) is 42.5 Å². The molecule has 1 N–H and O–H groups in total. The minimum atomic E-state index is -1.76. The van der Waals surface area contributed by atoms with E-state index in [1.165, 1.54) is 32.2 Å². The number of carbonyl (C=O) groups excluding carboxylic acids is 1. The third-order valence-corrected chi connectivity index (χ3v) is 3.89. The van der Waals surface area contributed by atoms with Crippen LogP contribution in [-0.2, 0) is 9.53 Å². The van der Waals surface area contributed by atoms with E-state index < -0.39 is 11.8 Å². The van der Waals surface area contributed by atoms with Crippen molar-refractivity contribution in [2.45, 2.75) is 12.7 Å². The fourth-order valence-corrected chi connectivity index (χ4v) is 2.78. The zero-order valence-corrected chi connectivity index (χ0v) is 13.8. The summed E-state index contributed by atoms with van der Waals surface area (Å²) >= 11 is 0. The van der Waals surface area contributed by atoms with Crippen molar-refractivity contribution in [1.29, 1.82) is 0 Å². The molecule has 5 heteroatoms. The Morgan fingerprint density at radius 2 is 1.92 bits per heavy atom. The van der Waals surface area contributed by atoms with E-state index in [0.29, 0.717) is 22.4 Å². The second kappa shape index (κ2) is 6.53. The highest BCUT2D eigenvalue weighted by Crippen LogP contribution is 2.39. The average molecular weight is 340 g/mol. The Bertz CT molecular complexity index is 881. The molecule has 0 fully saturated rings. The molecule has 0 aromatic heterocycles. The van der Waals surface area contributed by atoms with Crippen LogP contribution in [0.15, 0.2) is 60.2 Å². The predicted octanol–water partition coefficient (Wildman–Crippen LogP) is 3.57. The summed E-state index contributed by atoms with van der Waals surface area (Å²) < 4.78 is 23.6. The van der Waals surface area contributed by atoms with Crippen LogP contribution in [0.2, 0.25) is 0 Å². The summed E-state index contributed by atoms with van der Waals surface area (Å²) in [5.41, 5.74) is 1.75. The van der Waals surface area contributed by atoms with Crippen LogP contribution in [0.4, 0.5) is 4.39 Å². The largest absolute Gasteiger partial charge is 0.497 e. The van der Waals surface area contributed by atoms with Gasteiger partial charge in [0.1, 0.15) is 11.6 Å². The summed E-state index contributed by atoms with van der Waals surface area (Å²) in [5.74, 6) is -2.18. The lowest BCUT2D eigenvalue weighted by Gasteiger charge is -2.20. The first kappa shape index (κ1) is 16.9. The smallest absolute Gasteiger partial charge is 0.341 e. The van der Waals surface area contributed by atoms with Gasteiger partial charge in [-0.2, -0.15) is 0 Å². The fourth-order valence-electron chi connectivity index (χ4n) is 2.78. The highest BCUT2D eigenvalue weighted by atomic mass is 19.1. The van der Waals surface area contributed by atoms with E-state index in [-0.39, 0.29) is 11.4 Å². The highest BCUT2D eigenvalue weighted by molar-refractivity contribution is 6.07. The molecule has 0 bridgehead atoms. The molecule has 1 atom stereocenters.